The minimum Gasteiger partial charge on any atom is -0.489 e. The van der Waals surface area contributed by atoms with Gasteiger partial charge in [-0.15, -0.1) is 0 Å². The summed E-state index contributed by atoms with van der Waals surface area (Å²) in [6.45, 7) is 7.72. The number of nitrogens with one attached hydrogen (secondary N) is 1. The van der Waals surface area contributed by atoms with Crippen molar-refractivity contribution >= 4 is 16.8 Å². The number of amides is 1. The van der Waals surface area contributed by atoms with E-state index >= 15 is 0 Å². The highest BCUT2D eigenvalue weighted by Crippen LogP contribution is 2.29. The quantitative estimate of drug-likeness (QED) is 0.495. The van der Waals surface area contributed by atoms with Gasteiger partial charge in [-0.1, -0.05) is 28.9 Å². The molecule has 0 radical (unpaired) electrons. The zero-order valence-electron chi connectivity index (χ0n) is 18.7. The maximum atomic E-state index is 13.0. The van der Waals surface area contributed by atoms with Crippen molar-refractivity contribution in [2.75, 3.05) is 6.54 Å². The van der Waals surface area contributed by atoms with Crippen molar-refractivity contribution in [3.63, 3.8) is 0 Å². The number of rotatable bonds is 5. The van der Waals surface area contributed by atoms with Crippen molar-refractivity contribution in [2.24, 2.45) is 0 Å². The SMILES string of the molecule is Cc1ccc2[nH]c3c(c2c1)CN(C(=O)Cc1ccc(OCc2c(C)noc2C)cc1)CC3. The fourth-order valence-corrected chi connectivity index (χ4v) is 4.39. The molecular weight excluding hydrogens is 402 g/mol. The van der Waals surface area contributed by atoms with Crippen LogP contribution in [-0.2, 0) is 30.8 Å². The van der Waals surface area contributed by atoms with Crippen LogP contribution in [0.5, 0.6) is 5.75 Å². The molecule has 0 saturated heterocycles. The Balaban J connectivity index is 1.23. The van der Waals surface area contributed by atoms with Crippen LogP contribution in [0, 0.1) is 20.8 Å². The normalized spacial score (nSPS) is 13.4. The summed E-state index contributed by atoms with van der Waals surface area (Å²) in [5.74, 6) is 1.69. The Morgan fingerprint density at radius 1 is 1.16 bits per heavy atom. The molecule has 1 N–H and O–H groups in total. The van der Waals surface area contributed by atoms with Gasteiger partial charge in [-0.05, 0) is 50.6 Å². The number of hydrogen-bond donors (Lipinski definition) is 1. The molecule has 1 aliphatic heterocycles. The van der Waals surface area contributed by atoms with E-state index in [1.807, 2.05) is 43.0 Å². The predicted molar refractivity (Wildman–Crippen MR) is 123 cm³/mol. The van der Waals surface area contributed by atoms with E-state index in [0.29, 0.717) is 19.6 Å². The minimum atomic E-state index is 0.155. The summed E-state index contributed by atoms with van der Waals surface area (Å²) in [7, 11) is 0. The van der Waals surface area contributed by atoms with E-state index in [1.54, 1.807) is 0 Å². The second-order valence-electron chi connectivity index (χ2n) is 8.61. The molecule has 6 heteroatoms. The molecule has 0 bridgehead atoms. The van der Waals surface area contributed by atoms with Gasteiger partial charge in [0.05, 0.1) is 17.7 Å². The van der Waals surface area contributed by atoms with Crippen molar-refractivity contribution in [2.45, 2.75) is 46.8 Å². The van der Waals surface area contributed by atoms with Crippen molar-refractivity contribution in [3.8, 4) is 5.75 Å². The van der Waals surface area contributed by atoms with Gasteiger partial charge in [0, 0.05) is 41.7 Å². The number of hydrogen-bond acceptors (Lipinski definition) is 4. The molecule has 1 amide bonds. The van der Waals surface area contributed by atoms with Gasteiger partial charge in [-0.3, -0.25) is 4.79 Å². The zero-order chi connectivity index (χ0) is 22.2. The summed E-state index contributed by atoms with van der Waals surface area (Å²) in [5.41, 5.74) is 7.71. The number of nitrogens with zero attached hydrogens (tertiary/aromatic N) is 2. The van der Waals surface area contributed by atoms with Gasteiger partial charge >= 0.3 is 0 Å². The average molecular weight is 430 g/mol. The lowest BCUT2D eigenvalue weighted by atomic mass is 10.0. The lowest BCUT2D eigenvalue weighted by Crippen LogP contribution is -2.36. The first-order chi connectivity index (χ1) is 15.5. The summed E-state index contributed by atoms with van der Waals surface area (Å²) in [6, 6.07) is 14.2. The Hall–Kier alpha value is -3.54. The number of ether oxygens (including phenoxy) is 1. The Kier molecular flexibility index (Phi) is 5.21. The third-order valence-corrected chi connectivity index (χ3v) is 6.33. The molecule has 32 heavy (non-hydrogen) atoms. The van der Waals surface area contributed by atoms with Crippen LogP contribution < -0.4 is 4.74 Å². The van der Waals surface area contributed by atoms with E-state index < -0.39 is 0 Å². The largest absolute Gasteiger partial charge is 0.489 e. The highest BCUT2D eigenvalue weighted by Gasteiger charge is 2.24. The molecule has 2 aromatic carbocycles. The van der Waals surface area contributed by atoms with Gasteiger partial charge in [-0.25, -0.2) is 0 Å². The Morgan fingerprint density at radius 2 is 1.97 bits per heavy atom. The molecule has 2 aromatic heterocycles. The number of aromatic amines is 1. The van der Waals surface area contributed by atoms with Crippen LogP contribution >= 0.6 is 0 Å². The molecule has 0 spiro atoms. The highest BCUT2D eigenvalue weighted by molar-refractivity contribution is 5.87. The smallest absolute Gasteiger partial charge is 0.227 e. The maximum absolute atomic E-state index is 13.0. The molecule has 1 aliphatic rings. The molecule has 164 valence electrons. The lowest BCUT2D eigenvalue weighted by molar-refractivity contribution is -0.131. The van der Waals surface area contributed by atoms with Gasteiger partial charge < -0.3 is 19.1 Å². The van der Waals surface area contributed by atoms with Crippen LogP contribution in [0.1, 0.15) is 39.4 Å². The van der Waals surface area contributed by atoms with Crippen LogP contribution in [-0.4, -0.2) is 27.5 Å². The van der Waals surface area contributed by atoms with Crippen LogP contribution in [0.4, 0.5) is 0 Å². The van der Waals surface area contributed by atoms with Crippen molar-refractivity contribution < 1.29 is 14.1 Å². The molecule has 4 aromatic rings. The fraction of sp³-hybridized carbons (Fsp3) is 0.308. The molecule has 3 heterocycles. The first kappa shape index (κ1) is 20.4. The zero-order valence-corrected chi connectivity index (χ0v) is 18.7. The summed E-state index contributed by atoms with van der Waals surface area (Å²) in [4.78, 5) is 18.5. The van der Waals surface area contributed by atoms with Crippen LogP contribution in [0.25, 0.3) is 10.9 Å². The van der Waals surface area contributed by atoms with E-state index in [9.17, 15) is 4.79 Å². The molecule has 5 rings (SSSR count). The second kappa shape index (κ2) is 8.19. The van der Waals surface area contributed by atoms with Gasteiger partial charge in [0.1, 0.15) is 18.1 Å². The number of carbonyl (C=O) groups excluding carboxylic acids is 1. The molecule has 0 saturated carbocycles. The molecule has 6 nitrogen and oxygen atoms in total. The third-order valence-electron chi connectivity index (χ3n) is 6.33. The van der Waals surface area contributed by atoms with E-state index in [-0.39, 0.29) is 5.91 Å². The Morgan fingerprint density at radius 3 is 2.72 bits per heavy atom. The van der Waals surface area contributed by atoms with Crippen molar-refractivity contribution in [3.05, 3.63) is 81.9 Å². The first-order valence-corrected chi connectivity index (χ1v) is 11.0. The number of fused-ring (bicyclic) bond motifs is 3. The molecular formula is C26H27N3O3. The minimum absolute atomic E-state index is 0.155. The van der Waals surface area contributed by atoms with E-state index in [4.69, 9.17) is 9.26 Å². The Bertz CT molecular complexity index is 1260. The summed E-state index contributed by atoms with van der Waals surface area (Å²) in [6.07, 6.45) is 1.25. The average Bonchev–Trinajstić information content (AvgIpc) is 3.31. The molecule has 0 unspecified atom stereocenters. The summed E-state index contributed by atoms with van der Waals surface area (Å²) in [5, 5.41) is 5.19. The fourth-order valence-electron chi connectivity index (χ4n) is 4.39. The number of benzene rings is 2. The van der Waals surface area contributed by atoms with Crippen LogP contribution in [0.3, 0.4) is 0 Å². The Labute approximate surface area is 187 Å². The van der Waals surface area contributed by atoms with Gasteiger partial charge in [-0.2, -0.15) is 0 Å². The molecule has 0 fully saturated rings. The van der Waals surface area contributed by atoms with Gasteiger partial charge in [0.2, 0.25) is 5.91 Å². The van der Waals surface area contributed by atoms with Gasteiger partial charge in [0.25, 0.3) is 0 Å². The third kappa shape index (κ3) is 3.88. The van der Waals surface area contributed by atoms with Crippen LogP contribution in [0.15, 0.2) is 47.0 Å². The van der Waals surface area contributed by atoms with Crippen molar-refractivity contribution in [1.29, 1.82) is 0 Å². The second-order valence-corrected chi connectivity index (χ2v) is 8.61. The lowest BCUT2D eigenvalue weighted by Gasteiger charge is -2.27. The summed E-state index contributed by atoms with van der Waals surface area (Å²) < 4.78 is 11.0. The van der Waals surface area contributed by atoms with Gasteiger partial charge in [0.15, 0.2) is 0 Å². The number of carbonyl (C=O) groups is 1. The monoisotopic (exact) mass is 429 g/mol. The van der Waals surface area contributed by atoms with E-state index in [0.717, 1.165) is 46.8 Å². The molecule has 0 aliphatic carbocycles. The maximum Gasteiger partial charge on any atom is 0.227 e. The standard InChI is InChI=1S/C26H27N3O3/c1-16-4-9-24-21(12-16)22-14-29(11-10-25(22)27-24)26(30)13-19-5-7-20(8-6-19)31-15-23-17(2)28-32-18(23)3/h4-9,12,27H,10-11,13-15H2,1-3H3. The van der Waals surface area contributed by atoms with E-state index in [1.165, 1.54) is 22.2 Å². The topological polar surface area (TPSA) is 71.4 Å². The number of aromatic nitrogens is 2. The number of H-pyrrole nitrogens is 1. The number of aryl methyl sites for hydroxylation is 3. The summed E-state index contributed by atoms with van der Waals surface area (Å²) >= 11 is 0. The first-order valence-electron chi connectivity index (χ1n) is 11.0. The van der Waals surface area contributed by atoms with Crippen molar-refractivity contribution in [1.82, 2.24) is 15.0 Å². The highest BCUT2D eigenvalue weighted by atomic mass is 16.5. The predicted octanol–water partition coefficient (Wildman–Crippen LogP) is 4.79. The molecule has 0 atom stereocenters. The van der Waals surface area contributed by atoms with E-state index in [2.05, 4.69) is 35.3 Å². The van der Waals surface area contributed by atoms with Crippen LogP contribution in [0.2, 0.25) is 0 Å².